The molecule has 108 valence electrons. The molecule has 0 heterocycles. The lowest BCUT2D eigenvalue weighted by molar-refractivity contribution is 0.353. The van der Waals surface area contributed by atoms with Crippen LogP contribution in [0.25, 0.3) is 0 Å². The van der Waals surface area contributed by atoms with Gasteiger partial charge in [0.25, 0.3) is 0 Å². The summed E-state index contributed by atoms with van der Waals surface area (Å²) in [6.07, 6.45) is 0.676. The molecular formula is C12H16Br2FNO2S. The molecule has 0 unspecified atom stereocenters. The van der Waals surface area contributed by atoms with Crippen molar-refractivity contribution in [3.63, 3.8) is 0 Å². The number of benzene rings is 1. The molecule has 1 rings (SSSR count). The molecule has 0 saturated carbocycles. The van der Waals surface area contributed by atoms with E-state index in [-0.39, 0.29) is 10.9 Å². The second-order valence-corrected chi connectivity index (χ2v) is 7.89. The van der Waals surface area contributed by atoms with Crippen LogP contribution >= 0.6 is 31.9 Å². The van der Waals surface area contributed by atoms with Crippen LogP contribution in [0, 0.1) is 5.82 Å². The molecule has 0 aliphatic heterocycles. The van der Waals surface area contributed by atoms with E-state index in [9.17, 15) is 12.8 Å². The lowest BCUT2D eigenvalue weighted by Gasteiger charge is -2.25. The highest BCUT2D eigenvalue weighted by Crippen LogP contribution is 2.24. The number of rotatable bonds is 6. The van der Waals surface area contributed by atoms with Gasteiger partial charge in [-0.1, -0.05) is 31.9 Å². The molecule has 0 aliphatic rings. The zero-order valence-electron chi connectivity index (χ0n) is 10.7. The summed E-state index contributed by atoms with van der Waals surface area (Å²) in [4.78, 5) is -0.279. The second kappa shape index (κ2) is 7.15. The van der Waals surface area contributed by atoms with Gasteiger partial charge in [-0.05, 0) is 38.5 Å². The zero-order chi connectivity index (χ0) is 14.6. The molecule has 19 heavy (non-hydrogen) atoms. The van der Waals surface area contributed by atoms with Gasteiger partial charge in [0.15, 0.2) is 0 Å². The zero-order valence-corrected chi connectivity index (χ0v) is 14.7. The van der Waals surface area contributed by atoms with Crippen LogP contribution in [0.3, 0.4) is 0 Å². The van der Waals surface area contributed by atoms with Crippen molar-refractivity contribution >= 4 is 41.9 Å². The van der Waals surface area contributed by atoms with Crippen molar-refractivity contribution in [2.75, 3.05) is 11.9 Å². The molecule has 0 saturated heterocycles. The summed E-state index contributed by atoms with van der Waals surface area (Å²) in [5.74, 6) is -0.737. The highest BCUT2D eigenvalue weighted by atomic mass is 79.9. The molecular weight excluding hydrogens is 401 g/mol. The SMILES string of the molecule is CC(C)N(CCCBr)S(=O)(=O)c1ccc(Br)cc1F. The normalized spacial score (nSPS) is 12.4. The Morgan fingerprint density at radius 2 is 2.00 bits per heavy atom. The summed E-state index contributed by atoms with van der Waals surface area (Å²) in [7, 11) is -3.80. The summed E-state index contributed by atoms with van der Waals surface area (Å²) < 4.78 is 40.6. The van der Waals surface area contributed by atoms with Gasteiger partial charge in [0, 0.05) is 22.4 Å². The molecule has 1 aromatic carbocycles. The predicted octanol–water partition coefficient (Wildman–Crippen LogP) is 3.77. The third-order valence-corrected chi connectivity index (χ3v) is 5.73. The minimum absolute atomic E-state index is 0.216. The molecule has 0 N–H and O–H groups in total. The Kier molecular flexibility index (Phi) is 6.42. The van der Waals surface area contributed by atoms with E-state index in [2.05, 4.69) is 31.9 Å². The molecule has 0 aromatic heterocycles. The molecule has 0 spiro atoms. The van der Waals surface area contributed by atoms with Crippen LogP contribution in [-0.2, 0) is 10.0 Å². The van der Waals surface area contributed by atoms with Gasteiger partial charge in [-0.25, -0.2) is 12.8 Å². The van der Waals surface area contributed by atoms with Crippen LogP contribution in [0.4, 0.5) is 4.39 Å². The van der Waals surface area contributed by atoms with E-state index < -0.39 is 15.8 Å². The Bertz CT molecular complexity index is 535. The van der Waals surface area contributed by atoms with Crippen LogP contribution in [-0.4, -0.2) is 30.6 Å². The Hall–Kier alpha value is 0.0200. The fraction of sp³-hybridized carbons (Fsp3) is 0.500. The fourth-order valence-electron chi connectivity index (χ4n) is 1.68. The van der Waals surface area contributed by atoms with Crippen LogP contribution in [0.2, 0.25) is 0 Å². The first-order valence-corrected chi connectivity index (χ1v) is 9.19. The van der Waals surface area contributed by atoms with Gasteiger partial charge in [0.2, 0.25) is 10.0 Å². The Morgan fingerprint density at radius 1 is 1.37 bits per heavy atom. The van der Waals surface area contributed by atoms with E-state index in [1.54, 1.807) is 13.8 Å². The molecule has 0 amide bonds. The fourth-order valence-corrected chi connectivity index (χ4v) is 3.99. The lowest BCUT2D eigenvalue weighted by atomic mass is 10.3. The van der Waals surface area contributed by atoms with Gasteiger partial charge in [-0.15, -0.1) is 0 Å². The maximum Gasteiger partial charge on any atom is 0.246 e. The van der Waals surface area contributed by atoms with Crippen molar-refractivity contribution in [1.82, 2.24) is 4.31 Å². The molecule has 0 bridgehead atoms. The minimum atomic E-state index is -3.80. The van der Waals surface area contributed by atoms with Crippen LogP contribution < -0.4 is 0 Å². The lowest BCUT2D eigenvalue weighted by Crippen LogP contribution is -2.38. The first kappa shape index (κ1) is 17.1. The Morgan fingerprint density at radius 3 is 2.47 bits per heavy atom. The largest absolute Gasteiger partial charge is 0.246 e. The van der Waals surface area contributed by atoms with Gasteiger partial charge in [0.05, 0.1) is 0 Å². The highest BCUT2D eigenvalue weighted by molar-refractivity contribution is 9.10. The number of hydrogen-bond acceptors (Lipinski definition) is 2. The van der Waals surface area contributed by atoms with Crippen molar-refractivity contribution in [2.24, 2.45) is 0 Å². The molecule has 3 nitrogen and oxygen atoms in total. The Balaban J connectivity index is 3.19. The van der Waals surface area contributed by atoms with E-state index >= 15 is 0 Å². The van der Waals surface area contributed by atoms with E-state index in [0.717, 1.165) is 6.07 Å². The van der Waals surface area contributed by atoms with Crippen molar-refractivity contribution in [3.8, 4) is 0 Å². The van der Waals surface area contributed by atoms with Crippen LogP contribution in [0.15, 0.2) is 27.6 Å². The maximum atomic E-state index is 13.8. The van der Waals surface area contributed by atoms with Crippen molar-refractivity contribution in [1.29, 1.82) is 0 Å². The highest BCUT2D eigenvalue weighted by Gasteiger charge is 2.29. The van der Waals surface area contributed by atoms with Gasteiger partial charge in [-0.3, -0.25) is 0 Å². The molecule has 0 atom stereocenters. The number of alkyl halides is 1. The third kappa shape index (κ3) is 4.24. The molecule has 0 fully saturated rings. The quantitative estimate of drug-likeness (QED) is 0.662. The van der Waals surface area contributed by atoms with Crippen molar-refractivity contribution < 1.29 is 12.8 Å². The summed E-state index contributed by atoms with van der Waals surface area (Å²) in [6, 6.07) is 3.76. The van der Waals surface area contributed by atoms with Gasteiger partial charge in [0.1, 0.15) is 10.7 Å². The number of hydrogen-bond donors (Lipinski definition) is 0. The number of nitrogens with zero attached hydrogens (tertiary/aromatic N) is 1. The van der Waals surface area contributed by atoms with E-state index in [1.807, 2.05) is 0 Å². The average molecular weight is 417 g/mol. The van der Waals surface area contributed by atoms with E-state index in [1.165, 1.54) is 16.4 Å². The monoisotopic (exact) mass is 415 g/mol. The smallest absolute Gasteiger partial charge is 0.207 e. The number of sulfonamides is 1. The molecule has 0 radical (unpaired) electrons. The third-order valence-electron chi connectivity index (χ3n) is 2.57. The van der Waals surface area contributed by atoms with E-state index in [0.29, 0.717) is 22.8 Å². The first-order chi connectivity index (χ1) is 8.80. The van der Waals surface area contributed by atoms with Gasteiger partial charge in [-0.2, -0.15) is 4.31 Å². The average Bonchev–Trinajstić information content (AvgIpc) is 2.27. The molecule has 7 heteroatoms. The van der Waals surface area contributed by atoms with Crippen LogP contribution in [0.5, 0.6) is 0 Å². The summed E-state index contributed by atoms with van der Waals surface area (Å²) in [6.45, 7) is 3.92. The van der Waals surface area contributed by atoms with Gasteiger partial charge < -0.3 is 0 Å². The van der Waals surface area contributed by atoms with Crippen LogP contribution in [0.1, 0.15) is 20.3 Å². The standard InChI is InChI=1S/C12H16Br2FNO2S/c1-9(2)16(7-3-6-13)19(17,18)12-5-4-10(14)8-11(12)15/h4-5,8-9H,3,6-7H2,1-2H3. The molecule has 1 aromatic rings. The summed E-state index contributed by atoms with van der Waals surface area (Å²) >= 11 is 6.39. The summed E-state index contributed by atoms with van der Waals surface area (Å²) in [5.41, 5.74) is 0. The maximum absolute atomic E-state index is 13.8. The van der Waals surface area contributed by atoms with E-state index in [4.69, 9.17) is 0 Å². The van der Waals surface area contributed by atoms with Gasteiger partial charge >= 0.3 is 0 Å². The number of halogens is 3. The minimum Gasteiger partial charge on any atom is -0.207 e. The summed E-state index contributed by atoms with van der Waals surface area (Å²) in [5, 5.41) is 0.703. The Labute approximate surface area is 130 Å². The van der Waals surface area contributed by atoms with Crippen molar-refractivity contribution in [2.45, 2.75) is 31.2 Å². The first-order valence-electron chi connectivity index (χ1n) is 5.83. The second-order valence-electron chi connectivity index (χ2n) is 4.33. The topological polar surface area (TPSA) is 37.4 Å². The predicted molar refractivity (Wildman–Crippen MR) is 81.5 cm³/mol. The van der Waals surface area contributed by atoms with Crippen molar-refractivity contribution in [3.05, 3.63) is 28.5 Å². The molecule has 0 aliphatic carbocycles.